The number of rotatable bonds is 7. The van der Waals surface area contributed by atoms with E-state index in [4.69, 9.17) is 14.0 Å². The first-order chi connectivity index (χ1) is 10.2. The minimum atomic E-state index is -0.345. The van der Waals surface area contributed by atoms with E-state index >= 15 is 0 Å². The number of anilines is 1. The van der Waals surface area contributed by atoms with E-state index in [-0.39, 0.29) is 11.7 Å². The zero-order valence-corrected chi connectivity index (χ0v) is 12.1. The van der Waals surface area contributed by atoms with Gasteiger partial charge in [0, 0.05) is 24.4 Å². The SMILES string of the molecule is CCOCCOc1cccc(NC(=O)c2cc(C)no2)c1. The Morgan fingerprint density at radius 1 is 1.33 bits per heavy atom. The largest absolute Gasteiger partial charge is 0.491 e. The second-order valence-electron chi connectivity index (χ2n) is 4.36. The minimum absolute atomic E-state index is 0.176. The van der Waals surface area contributed by atoms with Gasteiger partial charge in [-0.3, -0.25) is 4.79 Å². The maximum absolute atomic E-state index is 11.9. The number of benzene rings is 1. The molecule has 0 spiro atoms. The van der Waals surface area contributed by atoms with E-state index in [2.05, 4.69) is 10.5 Å². The van der Waals surface area contributed by atoms with Gasteiger partial charge in [-0.05, 0) is 26.0 Å². The smallest absolute Gasteiger partial charge is 0.294 e. The Balaban J connectivity index is 1.92. The van der Waals surface area contributed by atoms with Crippen LogP contribution in [0.3, 0.4) is 0 Å². The lowest BCUT2D eigenvalue weighted by molar-refractivity contribution is 0.0987. The number of carbonyl (C=O) groups excluding carboxylic acids is 1. The number of amides is 1. The third kappa shape index (κ3) is 4.61. The van der Waals surface area contributed by atoms with Gasteiger partial charge < -0.3 is 19.3 Å². The molecule has 1 amide bonds. The summed E-state index contributed by atoms with van der Waals surface area (Å²) in [4.78, 5) is 11.9. The van der Waals surface area contributed by atoms with Crippen LogP contribution in [0.25, 0.3) is 0 Å². The van der Waals surface area contributed by atoms with Crippen LogP contribution in [0.5, 0.6) is 5.75 Å². The van der Waals surface area contributed by atoms with Gasteiger partial charge >= 0.3 is 0 Å². The molecule has 1 heterocycles. The van der Waals surface area contributed by atoms with Crippen molar-refractivity contribution in [2.75, 3.05) is 25.1 Å². The maximum atomic E-state index is 11.9. The van der Waals surface area contributed by atoms with Crippen molar-refractivity contribution in [2.24, 2.45) is 0 Å². The number of aryl methyl sites for hydroxylation is 1. The van der Waals surface area contributed by atoms with Gasteiger partial charge in [0.1, 0.15) is 12.4 Å². The van der Waals surface area contributed by atoms with Gasteiger partial charge in [-0.2, -0.15) is 0 Å². The molecule has 1 N–H and O–H groups in total. The molecule has 2 aromatic rings. The van der Waals surface area contributed by atoms with Crippen LogP contribution in [0, 0.1) is 6.92 Å². The van der Waals surface area contributed by atoms with Gasteiger partial charge in [-0.25, -0.2) is 0 Å². The molecular formula is C15H18N2O4. The highest BCUT2D eigenvalue weighted by atomic mass is 16.5. The lowest BCUT2D eigenvalue weighted by atomic mass is 10.3. The summed E-state index contributed by atoms with van der Waals surface area (Å²) in [6.07, 6.45) is 0. The molecule has 0 aliphatic rings. The van der Waals surface area contributed by atoms with Gasteiger partial charge in [0.25, 0.3) is 5.91 Å². The molecule has 112 valence electrons. The first-order valence-corrected chi connectivity index (χ1v) is 6.74. The van der Waals surface area contributed by atoms with Crippen molar-refractivity contribution < 1.29 is 18.8 Å². The van der Waals surface area contributed by atoms with Crippen LogP contribution in [0.4, 0.5) is 5.69 Å². The molecule has 0 saturated heterocycles. The number of ether oxygens (including phenoxy) is 2. The topological polar surface area (TPSA) is 73.6 Å². The molecular weight excluding hydrogens is 272 g/mol. The molecule has 6 nitrogen and oxygen atoms in total. The van der Waals surface area contributed by atoms with E-state index < -0.39 is 0 Å². The highest BCUT2D eigenvalue weighted by molar-refractivity contribution is 6.02. The average Bonchev–Trinajstić information content (AvgIpc) is 2.91. The van der Waals surface area contributed by atoms with E-state index in [1.807, 2.05) is 13.0 Å². The molecule has 0 unspecified atom stereocenters. The van der Waals surface area contributed by atoms with E-state index in [9.17, 15) is 4.79 Å². The quantitative estimate of drug-likeness (QED) is 0.793. The van der Waals surface area contributed by atoms with Crippen molar-refractivity contribution in [3.05, 3.63) is 41.8 Å². The van der Waals surface area contributed by atoms with Crippen molar-refractivity contribution in [1.82, 2.24) is 5.16 Å². The lowest BCUT2D eigenvalue weighted by Gasteiger charge is -2.08. The molecule has 0 saturated carbocycles. The Bertz CT molecular complexity index is 595. The molecule has 1 aromatic carbocycles. The zero-order valence-electron chi connectivity index (χ0n) is 12.1. The molecule has 21 heavy (non-hydrogen) atoms. The summed E-state index contributed by atoms with van der Waals surface area (Å²) in [5, 5.41) is 6.41. The van der Waals surface area contributed by atoms with Crippen LogP contribution in [-0.4, -0.2) is 30.9 Å². The molecule has 0 aliphatic heterocycles. The molecule has 0 radical (unpaired) electrons. The number of nitrogens with zero attached hydrogens (tertiary/aromatic N) is 1. The zero-order chi connectivity index (χ0) is 15.1. The van der Waals surface area contributed by atoms with Crippen LogP contribution in [0.1, 0.15) is 23.2 Å². The van der Waals surface area contributed by atoms with Crippen LogP contribution in [0.15, 0.2) is 34.9 Å². The normalized spacial score (nSPS) is 10.4. The predicted octanol–water partition coefficient (Wildman–Crippen LogP) is 2.65. The molecule has 6 heteroatoms. The molecule has 0 aliphatic carbocycles. The summed E-state index contributed by atoms with van der Waals surface area (Å²) in [5.41, 5.74) is 1.29. The molecule has 2 rings (SSSR count). The fourth-order valence-electron chi connectivity index (χ4n) is 1.69. The Labute approximate surface area is 123 Å². The second-order valence-corrected chi connectivity index (χ2v) is 4.36. The highest BCUT2D eigenvalue weighted by Gasteiger charge is 2.11. The summed E-state index contributed by atoms with van der Waals surface area (Å²) in [6.45, 7) is 5.35. The maximum Gasteiger partial charge on any atom is 0.294 e. The number of hydrogen-bond donors (Lipinski definition) is 1. The van der Waals surface area contributed by atoms with Crippen molar-refractivity contribution in [3.63, 3.8) is 0 Å². The Kier molecular flexibility index (Phi) is 5.34. The predicted molar refractivity (Wildman–Crippen MR) is 77.6 cm³/mol. The molecule has 0 bridgehead atoms. The third-order valence-corrected chi connectivity index (χ3v) is 2.64. The van der Waals surface area contributed by atoms with Crippen LogP contribution < -0.4 is 10.1 Å². The first-order valence-electron chi connectivity index (χ1n) is 6.74. The number of carbonyl (C=O) groups is 1. The van der Waals surface area contributed by atoms with Crippen molar-refractivity contribution in [2.45, 2.75) is 13.8 Å². The number of nitrogens with one attached hydrogen (secondary N) is 1. The van der Waals surface area contributed by atoms with Crippen LogP contribution in [-0.2, 0) is 4.74 Å². The molecule has 1 aromatic heterocycles. The lowest BCUT2D eigenvalue weighted by Crippen LogP contribution is -2.11. The van der Waals surface area contributed by atoms with Crippen molar-refractivity contribution in [3.8, 4) is 5.75 Å². The Morgan fingerprint density at radius 3 is 2.90 bits per heavy atom. The molecule has 0 fully saturated rings. The summed E-state index contributed by atoms with van der Waals surface area (Å²) >= 11 is 0. The van der Waals surface area contributed by atoms with Crippen molar-refractivity contribution >= 4 is 11.6 Å². The minimum Gasteiger partial charge on any atom is -0.491 e. The number of hydrogen-bond acceptors (Lipinski definition) is 5. The van der Waals surface area contributed by atoms with Crippen LogP contribution in [0.2, 0.25) is 0 Å². The van der Waals surface area contributed by atoms with Gasteiger partial charge in [-0.1, -0.05) is 11.2 Å². The first kappa shape index (κ1) is 15.1. The summed E-state index contributed by atoms with van der Waals surface area (Å²) in [7, 11) is 0. The van der Waals surface area contributed by atoms with Gasteiger partial charge in [0.15, 0.2) is 0 Å². The summed E-state index contributed by atoms with van der Waals surface area (Å²) in [6, 6.07) is 8.72. The second kappa shape index (κ2) is 7.44. The standard InChI is InChI=1S/C15H18N2O4/c1-3-19-7-8-20-13-6-4-5-12(10-13)16-15(18)14-9-11(2)17-21-14/h4-6,9-10H,3,7-8H2,1-2H3,(H,16,18). The fraction of sp³-hybridized carbons (Fsp3) is 0.333. The van der Waals surface area contributed by atoms with Crippen LogP contribution >= 0.6 is 0 Å². The molecule has 0 atom stereocenters. The highest BCUT2D eigenvalue weighted by Crippen LogP contribution is 2.18. The van der Waals surface area contributed by atoms with E-state index in [0.717, 1.165) is 0 Å². The van der Waals surface area contributed by atoms with E-state index in [0.29, 0.717) is 37.0 Å². The van der Waals surface area contributed by atoms with E-state index in [1.165, 1.54) is 0 Å². The average molecular weight is 290 g/mol. The summed E-state index contributed by atoms with van der Waals surface area (Å²) in [5.74, 6) is 0.499. The Hall–Kier alpha value is -2.34. The van der Waals surface area contributed by atoms with Gasteiger partial charge in [0.05, 0.1) is 12.3 Å². The van der Waals surface area contributed by atoms with Gasteiger partial charge in [0.2, 0.25) is 5.76 Å². The van der Waals surface area contributed by atoms with E-state index in [1.54, 1.807) is 31.2 Å². The summed E-state index contributed by atoms with van der Waals surface area (Å²) < 4.78 is 15.6. The third-order valence-electron chi connectivity index (χ3n) is 2.64. The monoisotopic (exact) mass is 290 g/mol. The fourth-order valence-corrected chi connectivity index (χ4v) is 1.69. The Morgan fingerprint density at radius 2 is 2.19 bits per heavy atom. The number of aromatic nitrogens is 1. The van der Waals surface area contributed by atoms with Gasteiger partial charge in [-0.15, -0.1) is 0 Å². The van der Waals surface area contributed by atoms with Crippen molar-refractivity contribution in [1.29, 1.82) is 0 Å².